The van der Waals surface area contributed by atoms with Crippen molar-refractivity contribution >= 4 is 10.8 Å². The number of rotatable bonds is 2. The highest BCUT2D eigenvalue weighted by molar-refractivity contribution is 7.88. The molecule has 0 bridgehead atoms. The number of aliphatic hydroxyl groups is 1. The molecule has 7 heavy (non-hydrogen) atoms. The van der Waals surface area contributed by atoms with Gasteiger partial charge in [-0.1, -0.05) is 6.58 Å². The van der Waals surface area contributed by atoms with Crippen LogP contribution in [0.4, 0.5) is 0 Å². The molecule has 0 amide bonds. The van der Waals surface area contributed by atoms with Crippen LogP contribution in [0.1, 0.15) is 0 Å². The summed E-state index contributed by atoms with van der Waals surface area (Å²) < 4.78 is 10.2. The van der Waals surface area contributed by atoms with Crippen molar-refractivity contribution in [2.24, 2.45) is 0 Å². The lowest BCUT2D eigenvalue weighted by atomic mass is 10.7. The van der Waals surface area contributed by atoms with Gasteiger partial charge in [-0.3, -0.25) is 4.21 Å². The Balaban J connectivity index is 3.58. The number of hydrogen-bond donors (Lipinski definition) is 1. The van der Waals surface area contributed by atoms with Crippen LogP contribution in [-0.4, -0.2) is 22.2 Å². The third kappa shape index (κ3) is 2.53. The van der Waals surface area contributed by atoms with E-state index in [1.54, 1.807) is 0 Å². The van der Waals surface area contributed by atoms with Crippen LogP contribution < -0.4 is 0 Å². The van der Waals surface area contributed by atoms with Crippen molar-refractivity contribution in [2.75, 3.05) is 12.9 Å². The molecule has 0 aliphatic carbocycles. The molecule has 0 aromatic heterocycles. The van der Waals surface area contributed by atoms with Gasteiger partial charge >= 0.3 is 0 Å². The molecule has 2 nitrogen and oxygen atoms in total. The van der Waals surface area contributed by atoms with Gasteiger partial charge in [-0.05, 0) is 0 Å². The molecule has 3 heteroatoms. The smallest absolute Gasteiger partial charge is 0.0759 e. The van der Waals surface area contributed by atoms with Gasteiger partial charge in [-0.25, -0.2) is 0 Å². The third-order valence-corrected chi connectivity index (χ3v) is 1.53. The fourth-order valence-corrected chi connectivity index (χ4v) is 0.273. The molecule has 0 saturated heterocycles. The number of aliphatic hydroxyl groups excluding tert-OH is 1. The molecule has 0 heterocycles. The Hall–Kier alpha value is -0.150. The fraction of sp³-hybridized carbons (Fsp3) is 0.500. The van der Waals surface area contributed by atoms with Crippen LogP contribution in [0.25, 0.3) is 0 Å². The molecular weight excluding hydrogens is 112 g/mol. The van der Waals surface area contributed by atoms with Gasteiger partial charge in [-0.2, -0.15) is 0 Å². The standard InChI is InChI=1S/C4H8O2S/c1-4(3-5)7(2)6/h5H,1,3H2,2H3. The first-order valence-corrected chi connectivity index (χ1v) is 3.36. The largest absolute Gasteiger partial charge is 0.391 e. The summed E-state index contributed by atoms with van der Waals surface area (Å²) in [6, 6.07) is 0. The Morgan fingerprint density at radius 3 is 2.43 bits per heavy atom. The van der Waals surface area contributed by atoms with Crippen molar-refractivity contribution in [1.82, 2.24) is 0 Å². The van der Waals surface area contributed by atoms with Crippen molar-refractivity contribution in [2.45, 2.75) is 0 Å². The lowest BCUT2D eigenvalue weighted by molar-refractivity contribution is 0.339. The summed E-state index contributed by atoms with van der Waals surface area (Å²) in [5.41, 5.74) is 0. The van der Waals surface area contributed by atoms with E-state index in [4.69, 9.17) is 5.11 Å². The van der Waals surface area contributed by atoms with Crippen molar-refractivity contribution in [3.63, 3.8) is 0 Å². The summed E-state index contributed by atoms with van der Waals surface area (Å²) in [6.07, 6.45) is 1.48. The molecule has 0 rings (SSSR count). The summed E-state index contributed by atoms with van der Waals surface area (Å²) >= 11 is 0. The first-order chi connectivity index (χ1) is 3.18. The lowest BCUT2D eigenvalue weighted by Crippen LogP contribution is -1.93. The quantitative estimate of drug-likeness (QED) is 0.551. The van der Waals surface area contributed by atoms with Crippen molar-refractivity contribution < 1.29 is 9.32 Å². The minimum Gasteiger partial charge on any atom is -0.391 e. The normalized spacial score (nSPS) is 13.4. The van der Waals surface area contributed by atoms with Gasteiger partial charge in [-0.15, -0.1) is 0 Å². The van der Waals surface area contributed by atoms with Gasteiger partial charge in [0.05, 0.1) is 6.61 Å². The minimum atomic E-state index is -1.05. The molecule has 0 fully saturated rings. The maximum Gasteiger partial charge on any atom is 0.0759 e. The lowest BCUT2D eigenvalue weighted by Gasteiger charge is -1.90. The van der Waals surface area contributed by atoms with Crippen LogP contribution >= 0.6 is 0 Å². The Morgan fingerprint density at radius 1 is 2.00 bits per heavy atom. The summed E-state index contributed by atoms with van der Waals surface area (Å²) in [5.74, 6) is 0. The molecule has 0 spiro atoms. The molecule has 0 aromatic carbocycles. The predicted octanol–water partition coefficient (Wildman–Crippen LogP) is -0.129. The average Bonchev–Trinajstić information content (AvgIpc) is 1.65. The second-order valence-electron chi connectivity index (χ2n) is 1.15. The Bertz CT molecular complexity index is 97.9. The van der Waals surface area contributed by atoms with E-state index in [-0.39, 0.29) is 6.61 Å². The second-order valence-corrected chi connectivity index (χ2v) is 2.64. The summed E-state index contributed by atoms with van der Waals surface area (Å²) in [7, 11) is -1.05. The highest BCUT2D eigenvalue weighted by Gasteiger charge is 1.91. The zero-order chi connectivity index (χ0) is 5.86. The van der Waals surface area contributed by atoms with E-state index in [2.05, 4.69) is 6.58 Å². The second kappa shape index (κ2) is 2.93. The van der Waals surface area contributed by atoms with E-state index < -0.39 is 10.8 Å². The summed E-state index contributed by atoms with van der Waals surface area (Å²) in [5, 5.41) is 8.21. The topological polar surface area (TPSA) is 37.3 Å². The van der Waals surface area contributed by atoms with Crippen LogP contribution in [0, 0.1) is 0 Å². The molecular formula is C4H8O2S. The van der Waals surface area contributed by atoms with Crippen molar-refractivity contribution in [3.8, 4) is 0 Å². The van der Waals surface area contributed by atoms with E-state index >= 15 is 0 Å². The highest BCUT2D eigenvalue weighted by Crippen LogP contribution is 1.89. The molecule has 0 saturated carbocycles. The van der Waals surface area contributed by atoms with E-state index in [9.17, 15) is 4.21 Å². The summed E-state index contributed by atoms with van der Waals surface area (Å²) in [4.78, 5) is 0.375. The monoisotopic (exact) mass is 120 g/mol. The predicted molar refractivity (Wildman–Crippen MR) is 30.3 cm³/mol. The zero-order valence-electron chi connectivity index (χ0n) is 4.18. The SMILES string of the molecule is C=C(CO)S(C)=O. The number of hydrogen-bond acceptors (Lipinski definition) is 2. The zero-order valence-corrected chi connectivity index (χ0v) is 4.99. The average molecular weight is 120 g/mol. The Labute approximate surface area is 45.3 Å². The van der Waals surface area contributed by atoms with Crippen LogP contribution in [0.15, 0.2) is 11.5 Å². The van der Waals surface area contributed by atoms with Crippen molar-refractivity contribution in [3.05, 3.63) is 11.5 Å². The van der Waals surface area contributed by atoms with Crippen molar-refractivity contribution in [1.29, 1.82) is 0 Å². The van der Waals surface area contributed by atoms with Gasteiger partial charge in [0.2, 0.25) is 0 Å². The molecule has 0 aliphatic rings. The maximum atomic E-state index is 10.2. The van der Waals surface area contributed by atoms with Gasteiger partial charge in [0, 0.05) is 22.0 Å². The van der Waals surface area contributed by atoms with Crippen LogP contribution in [0.3, 0.4) is 0 Å². The maximum absolute atomic E-state index is 10.2. The van der Waals surface area contributed by atoms with Gasteiger partial charge in [0.25, 0.3) is 0 Å². The Morgan fingerprint density at radius 2 is 2.43 bits per heavy atom. The molecule has 0 aliphatic heterocycles. The first kappa shape index (κ1) is 6.85. The minimum absolute atomic E-state index is 0.177. The molecule has 1 N–H and O–H groups in total. The first-order valence-electron chi connectivity index (χ1n) is 1.80. The highest BCUT2D eigenvalue weighted by atomic mass is 32.2. The summed E-state index contributed by atoms with van der Waals surface area (Å²) in [6.45, 7) is 3.15. The Kier molecular flexibility index (Phi) is 2.87. The van der Waals surface area contributed by atoms with Gasteiger partial charge < -0.3 is 5.11 Å². The third-order valence-electron chi connectivity index (χ3n) is 0.583. The van der Waals surface area contributed by atoms with E-state index in [1.165, 1.54) is 6.26 Å². The van der Waals surface area contributed by atoms with Gasteiger partial charge in [0.15, 0.2) is 0 Å². The van der Waals surface area contributed by atoms with Crippen LogP contribution in [-0.2, 0) is 10.8 Å². The molecule has 0 radical (unpaired) electrons. The van der Waals surface area contributed by atoms with Crippen LogP contribution in [0.5, 0.6) is 0 Å². The van der Waals surface area contributed by atoms with Crippen LogP contribution in [0.2, 0.25) is 0 Å². The van der Waals surface area contributed by atoms with E-state index in [0.29, 0.717) is 4.91 Å². The molecule has 1 unspecified atom stereocenters. The molecule has 42 valence electrons. The molecule has 0 aromatic rings. The fourth-order valence-electron chi connectivity index (χ4n) is 0.0909. The van der Waals surface area contributed by atoms with Gasteiger partial charge in [0.1, 0.15) is 0 Å². The molecule has 1 atom stereocenters. The van der Waals surface area contributed by atoms with E-state index in [1.807, 2.05) is 0 Å². The van der Waals surface area contributed by atoms with E-state index in [0.717, 1.165) is 0 Å².